The van der Waals surface area contributed by atoms with E-state index in [2.05, 4.69) is 75.6 Å². The van der Waals surface area contributed by atoms with E-state index in [0.29, 0.717) is 12.5 Å². The average Bonchev–Trinajstić information content (AvgIpc) is 3.25. The summed E-state index contributed by atoms with van der Waals surface area (Å²) in [6, 6.07) is 10.9. The van der Waals surface area contributed by atoms with E-state index in [1.54, 1.807) is 7.05 Å². The number of nitrogens with zero attached hydrogens (tertiary/aromatic N) is 4. The number of rotatable bonds is 8. The van der Waals surface area contributed by atoms with Crippen LogP contribution >= 0.6 is 24.0 Å². The number of hydrogen-bond acceptors (Lipinski definition) is 5. The lowest BCUT2D eigenvalue weighted by atomic mass is 10.1. The fourth-order valence-corrected chi connectivity index (χ4v) is 3.55. The molecule has 7 nitrogen and oxygen atoms in total. The van der Waals surface area contributed by atoms with Crippen LogP contribution in [0.4, 0.5) is 0 Å². The van der Waals surface area contributed by atoms with E-state index in [9.17, 15) is 0 Å². The molecule has 0 amide bonds. The second-order valence-electron chi connectivity index (χ2n) is 8.18. The molecule has 0 unspecified atom stereocenters. The maximum absolute atomic E-state index is 5.37. The molecule has 172 valence electrons. The molecule has 0 saturated carbocycles. The molecule has 2 aromatic rings. The first kappa shape index (κ1) is 25.6. The van der Waals surface area contributed by atoms with Crippen molar-refractivity contribution in [2.24, 2.45) is 4.99 Å². The molecule has 1 fully saturated rings. The van der Waals surface area contributed by atoms with E-state index in [4.69, 9.17) is 4.52 Å². The third kappa shape index (κ3) is 8.08. The highest BCUT2D eigenvalue weighted by atomic mass is 127. The summed E-state index contributed by atoms with van der Waals surface area (Å²) < 4.78 is 5.37. The van der Waals surface area contributed by atoms with Crippen LogP contribution in [0.3, 0.4) is 0 Å². The Morgan fingerprint density at radius 1 is 1.03 bits per heavy atom. The molecule has 0 bridgehead atoms. The van der Waals surface area contributed by atoms with Crippen molar-refractivity contribution in [2.45, 2.75) is 46.3 Å². The molecule has 3 rings (SSSR count). The maximum atomic E-state index is 5.37. The van der Waals surface area contributed by atoms with E-state index in [0.717, 1.165) is 50.1 Å². The zero-order valence-corrected chi connectivity index (χ0v) is 21.6. The molecule has 1 saturated heterocycles. The topological polar surface area (TPSA) is 68.9 Å². The van der Waals surface area contributed by atoms with Crippen LogP contribution in [0.15, 0.2) is 39.8 Å². The summed E-state index contributed by atoms with van der Waals surface area (Å²) in [6.07, 6.45) is 0. The summed E-state index contributed by atoms with van der Waals surface area (Å²) in [7, 11) is 1.77. The quantitative estimate of drug-likeness (QED) is 0.304. The fourth-order valence-electron chi connectivity index (χ4n) is 3.55. The van der Waals surface area contributed by atoms with Crippen molar-refractivity contribution >= 4 is 29.9 Å². The number of likely N-dealkylation sites (N-methyl/N-ethyl adjacent to an activating group) is 1. The Kier molecular flexibility index (Phi) is 10.8. The second-order valence-corrected chi connectivity index (χ2v) is 8.18. The third-order valence-electron chi connectivity index (χ3n) is 5.62. The van der Waals surface area contributed by atoms with Crippen LogP contribution in [-0.2, 0) is 19.6 Å². The summed E-state index contributed by atoms with van der Waals surface area (Å²) in [5, 5.41) is 10.7. The Labute approximate surface area is 203 Å². The van der Waals surface area contributed by atoms with Gasteiger partial charge in [-0.15, -0.1) is 24.0 Å². The van der Waals surface area contributed by atoms with E-state index in [1.165, 1.54) is 24.2 Å². The van der Waals surface area contributed by atoms with Crippen LogP contribution in [0.1, 0.15) is 49.3 Å². The first-order valence-corrected chi connectivity index (χ1v) is 11.0. The Bertz CT molecular complexity index is 797. The lowest BCUT2D eigenvalue weighted by Crippen LogP contribution is -2.45. The molecule has 1 aromatic carbocycles. The number of halogens is 1. The van der Waals surface area contributed by atoms with Gasteiger partial charge in [0.2, 0.25) is 0 Å². The van der Waals surface area contributed by atoms with E-state index < -0.39 is 0 Å². The van der Waals surface area contributed by atoms with Gasteiger partial charge in [0.25, 0.3) is 0 Å². The van der Waals surface area contributed by atoms with Gasteiger partial charge < -0.3 is 20.1 Å². The number of benzene rings is 1. The molecule has 1 aromatic heterocycles. The molecule has 0 aliphatic carbocycles. The minimum Gasteiger partial charge on any atom is -0.359 e. The van der Waals surface area contributed by atoms with Gasteiger partial charge in [0.05, 0.1) is 12.2 Å². The van der Waals surface area contributed by atoms with Crippen LogP contribution in [0.2, 0.25) is 0 Å². The standard InChI is InChI=1S/C23H36N6O.HI/c1-5-28-10-12-29(13-11-28)17-20-8-6-19(7-9-20)15-25-23(24-4)26-16-21-14-22(18(2)3)27-30-21;/h6-9,14,18H,5,10-13,15-17H2,1-4H3,(H2,24,25,26);1H. The highest BCUT2D eigenvalue weighted by molar-refractivity contribution is 14.0. The smallest absolute Gasteiger partial charge is 0.191 e. The summed E-state index contributed by atoms with van der Waals surface area (Å²) >= 11 is 0. The number of guanidine groups is 1. The molecular formula is C23H37IN6O. The second kappa shape index (κ2) is 13.0. The lowest BCUT2D eigenvalue weighted by Gasteiger charge is -2.34. The zero-order valence-electron chi connectivity index (χ0n) is 19.2. The van der Waals surface area contributed by atoms with Crippen molar-refractivity contribution in [3.63, 3.8) is 0 Å². The van der Waals surface area contributed by atoms with Crippen LogP contribution in [0.25, 0.3) is 0 Å². The highest BCUT2D eigenvalue weighted by Gasteiger charge is 2.15. The van der Waals surface area contributed by atoms with Crippen molar-refractivity contribution < 1.29 is 4.52 Å². The normalized spacial score (nSPS) is 15.7. The fraction of sp³-hybridized carbons (Fsp3) is 0.565. The highest BCUT2D eigenvalue weighted by Crippen LogP contribution is 2.14. The Morgan fingerprint density at radius 3 is 2.23 bits per heavy atom. The van der Waals surface area contributed by atoms with Gasteiger partial charge >= 0.3 is 0 Å². The summed E-state index contributed by atoms with van der Waals surface area (Å²) in [6.45, 7) is 14.6. The molecule has 1 aliphatic rings. The van der Waals surface area contributed by atoms with Gasteiger partial charge in [-0.3, -0.25) is 9.89 Å². The van der Waals surface area contributed by atoms with Gasteiger partial charge in [0, 0.05) is 52.4 Å². The maximum Gasteiger partial charge on any atom is 0.191 e. The van der Waals surface area contributed by atoms with Gasteiger partial charge in [0.1, 0.15) is 0 Å². The molecule has 1 aliphatic heterocycles. The lowest BCUT2D eigenvalue weighted by molar-refractivity contribution is 0.132. The Balaban J connectivity index is 0.00000341. The predicted molar refractivity (Wildman–Crippen MR) is 137 cm³/mol. The van der Waals surface area contributed by atoms with Gasteiger partial charge in [-0.25, -0.2) is 0 Å². The van der Waals surface area contributed by atoms with E-state index in [1.807, 2.05) is 6.07 Å². The molecule has 8 heteroatoms. The van der Waals surface area contributed by atoms with Crippen molar-refractivity contribution in [1.29, 1.82) is 0 Å². The van der Waals surface area contributed by atoms with E-state index in [-0.39, 0.29) is 24.0 Å². The van der Waals surface area contributed by atoms with Crippen LogP contribution < -0.4 is 10.6 Å². The summed E-state index contributed by atoms with van der Waals surface area (Å²) in [5.74, 6) is 1.92. The van der Waals surface area contributed by atoms with Gasteiger partial charge in [-0.05, 0) is 23.6 Å². The largest absolute Gasteiger partial charge is 0.359 e. The number of piperazine rings is 1. The third-order valence-corrected chi connectivity index (χ3v) is 5.62. The van der Waals surface area contributed by atoms with Gasteiger partial charge in [-0.2, -0.15) is 0 Å². The number of aliphatic imine (C=N–C) groups is 1. The van der Waals surface area contributed by atoms with Crippen molar-refractivity contribution in [3.05, 3.63) is 52.9 Å². The minimum absolute atomic E-state index is 0. The zero-order chi connectivity index (χ0) is 21.3. The van der Waals surface area contributed by atoms with Crippen LogP contribution in [-0.4, -0.2) is 60.7 Å². The number of nitrogens with one attached hydrogen (secondary N) is 2. The number of hydrogen-bond donors (Lipinski definition) is 2. The molecule has 2 heterocycles. The number of aromatic nitrogens is 1. The minimum atomic E-state index is 0. The van der Waals surface area contributed by atoms with Crippen molar-refractivity contribution in [3.8, 4) is 0 Å². The van der Waals surface area contributed by atoms with Crippen molar-refractivity contribution in [1.82, 2.24) is 25.6 Å². The van der Waals surface area contributed by atoms with Gasteiger partial charge in [0.15, 0.2) is 11.7 Å². The molecule has 0 radical (unpaired) electrons. The average molecular weight is 540 g/mol. The Hall–Kier alpha value is -1.65. The van der Waals surface area contributed by atoms with Crippen LogP contribution in [0.5, 0.6) is 0 Å². The SMILES string of the molecule is CCN1CCN(Cc2ccc(CNC(=NC)NCc3cc(C(C)C)no3)cc2)CC1.I. The monoisotopic (exact) mass is 540 g/mol. The summed E-state index contributed by atoms with van der Waals surface area (Å²) in [5.41, 5.74) is 3.58. The first-order valence-electron chi connectivity index (χ1n) is 11.0. The molecule has 31 heavy (non-hydrogen) atoms. The summed E-state index contributed by atoms with van der Waals surface area (Å²) in [4.78, 5) is 9.34. The van der Waals surface area contributed by atoms with Crippen LogP contribution in [0, 0.1) is 0 Å². The predicted octanol–water partition coefficient (Wildman–Crippen LogP) is 3.42. The molecule has 2 N–H and O–H groups in total. The Morgan fingerprint density at radius 2 is 1.65 bits per heavy atom. The van der Waals surface area contributed by atoms with E-state index >= 15 is 0 Å². The van der Waals surface area contributed by atoms with Gasteiger partial charge in [-0.1, -0.05) is 50.2 Å². The first-order chi connectivity index (χ1) is 14.6. The molecule has 0 spiro atoms. The molecule has 0 atom stereocenters. The van der Waals surface area contributed by atoms with Crippen molar-refractivity contribution in [2.75, 3.05) is 39.8 Å². The molecular weight excluding hydrogens is 503 g/mol.